The van der Waals surface area contributed by atoms with E-state index in [1.807, 2.05) is 47.0 Å². The summed E-state index contributed by atoms with van der Waals surface area (Å²) in [5.74, 6) is 0. The van der Waals surface area contributed by atoms with Crippen LogP contribution < -0.4 is 10.9 Å². The summed E-state index contributed by atoms with van der Waals surface area (Å²) in [6.07, 6.45) is 11.9. The molecular formula is C8H8N4. The van der Waals surface area contributed by atoms with Crippen LogP contribution in [0.25, 0.3) is 0 Å². The molecule has 60 valence electrons. The van der Waals surface area contributed by atoms with Crippen LogP contribution in [0.1, 0.15) is 0 Å². The van der Waals surface area contributed by atoms with Crippen molar-refractivity contribution < 1.29 is 0 Å². The van der Waals surface area contributed by atoms with E-state index in [1.54, 1.807) is 0 Å². The number of nitrogens with zero attached hydrogens (tertiary/aromatic N) is 2. The second kappa shape index (κ2) is 1.85. The molecule has 0 aromatic rings. The Morgan fingerprint density at radius 1 is 0.833 bits per heavy atom. The van der Waals surface area contributed by atoms with Crippen molar-refractivity contribution in [2.24, 2.45) is 0 Å². The maximum absolute atomic E-state index is 3.09. The van der Waals surface area contributed by atoms with Crippen LogP contribution >= 0.6 is 0 Å². The first kappa shape index (κ1) is 5.77. The molecule has 0 bridgehead atoms. The van der Waals surface area contributed by atoms with Gasteiger partial charge in [-0.25, -0.2) is 0 Å². The van der Waals surface area contributed by atoms with Crippen molar-refractivity contribution in [3.63, 3.8) is 0 Å². The summed E-state index contributed by atoms with van der Waals surface area (Å²) in [4.78, 5) is 0. The van der Waals surface area contributed by atoms with Crippen molar-refractivity contribution in [1.82, 2.24) is 20.9 Å². The summed E-state index contributed by atoms with van der Waals surface area (Å²) in [6, 6.07) is 0. The minimum Gasteiger partial charge on any atom is -0.301 e. The van der Waals surface area contributed by atoms with Crippen molar-refractivity contribution in [3.05, 3.63) is 48.3 Å². The van der Waals surface area contributed by atoms with Gasteiger partial charge in [-0.15, -0.1) is 0 Å². The number of hydrogen-bond acceptors (Lipinski definition) is 4. The molecule has 3 aliphatic rings. The fourth-order valence-corrected chi connectivity index (χ4v) is 1.41. The number of rotatable bonds is 0. The van der Waals surface area contributed by atoms with Gasteiger partial charge in [0.05, 0.1) is 23.8 Å². The predicted molar refractivity (Wildman–Crippen MR) is 44.4 cm³/mol. The zero-order valence-corrected chi connectivity index (χ0v) is 6.36. The van der Waals surface area contributed by atoms with Gasteiger partial charge in [0, 0.05) is 12.4 Å². The molecule has 3 aliphatic heterocycles. The maximum atomic E-state index is 3.09. The van der Waals surface area contributed by atoms with E-state index in [9.17, 15) is 0 Å². The maximum Gasteiger partial charge on any atom is 0.0821 e. The van der Waals surface area contributed by atoms with Gasteiger partial charge in [0.2, 0.25) is 0 Å². The first-order chi connectivity index (χ1) is 5.93. The normalized spacial score (nSPS) is 22.7. The summed E-state index contributed by atoms with van der Waals surface area (Å²) >= 11 is 0. The minimum atomic E-state index is 1.13. The van der Waals surface area contributed by atoms with Crippen LogP contribution in [-0.4, -0.2) is 10.0 Å². The van der Waals surface area contributed by atoms with E-state index in [0.717, 1.165) is 11.4 Å². The Balaban J connectivity index is 2.03. The van der Waals surface area contributed by atoms with Crippen LogP contribution in [0.3, 0.4) is 0 Å². The van der Waals surface area contributed by atoms with E-state index in [0.29, 0.717) is 0 Å². The molecule has 0 amide bonds. The van der Waals surface area contributed by atoms with Crippen molar-refractivity contribution in [1.29, 1.82) is 0 Å². The monoisotopic (exact) mass is 160 g/mol. The molecule has 12 heavy (non-hydrogen) atoms. The lowest BCUT2D eigenvalue weighted by Gasteiger charge is -2.26. The quantitative estimate of drug-likeness (QED) is 0.535. The predicted octanol–water partition coefficient (Wildman–Crippen LogP) is 0.351. The number of nitrogens with one attached hydrogen (secondary N) is 2. The molecular weight excluding hydrogens is 152 g/mol. The molecule has 0 saturated carbocycles. The summed E-state index contributed by atoms with van der Waals surface area (Å²) in [7, 11) is 0. The fourth-order valence-electron chi connectivity index (χ4n) is 1.41. The lowest BCUT2D eigenvalue weighted by atomic mass is 10.3. The molecule has 0 atom stereocenters. The van der Waals surface area contributed by atoms with E-state index in [-0.39, 0.29) is 0 Å². The van der Waals surface area contributed by atoms with Gasteiger partial charge in [-0.2, -0.15) is 0 Å². The van der Waals surface area contributed by atoms with Crippen molar-refractivity contribution >= 4 is 0 Å². The van der Waals surface area contributed by atoms with E-state index in [4.69, 9.17) is 0 Å². The Hall–Kier alpha value is -1.84. The molecule has 0 spiro atoms. The highest BCUT2D eigenvalue weighted by atomic mass is 15.6. The topological polar surface area (TPSA) is 30.5 Å². The van der Waals surface area contributed by atoms with Crippen LogP contribution in [0.5, 0.6) is 0 Å². The van der Waals surface area contributed by atoms with Gasteiger partial charge < -0.3 is 10.9 Å². The molecule has 3 heterocycles. The second-order valence-electron chi connectivity index (χ2n) is 2.77. The average Bonchev–Trinajstić information content (AvgIpc) is 2.64. The molecule has 0 saturated heterocycles. The highest BCUT2D eigenvalue weighted by molar-refractivity contribution is 5.34. The number of hydrogen-bond donors (Lipinski definition) is 2. The Kier molecular flexibility index (Phi) is 0.889. The van der Waals surface area contributed by atoms with Crippen molar-refractivity contribution in [3.8, 4) is 0 Å². The lowest BCUT2D eigenvalue weighted by molar-refractivity contribution is 0.343. The van der Waals surface area contributed by atoms with Gasteiger partial charge in [0.1, 0.15) is 0 Å². The molecule has 0 radical (unpaired) electrons. The van der Waals surface area contributed by atoms with Gasteiger partial charge in [0.15, 0.2) is 0 Å². The molecule has 0 unspecified atom stereocenters. The van der Waals surface area contributed by atoms with Crippen LogP contribution in [-0.2, 0) is 0 Å². The number of fused-ring (bicyclic) bond motifs is 2. The van der Waals surface area contributed by atoms with Crippen molar-refractivity contribution in [2.45, 2.75) is 0 Å². The van der Waals surface area contributed by atoms with E-state index in [1.165, 1.54) is 0 Å². The highest BCUT2D eigenvalue weighted by Crippen LogP contribution is 2.22. The van der Waals surface area contributed by atoms with Crippen molar-refractivity contribution in [2.75, 3.05) is 0 Å². The third-order valence-electron chi connectivity index (χ3n) is 2.01. The molecule has 3 rings (SSSR count). The Labute approximate surface area is 70.1 Å². The van der Waals surface area contributed by atoms with Crippen LogP contribution in [0, 0.1) is 0 Å². The largest absolute Gasteiger partial charge is 0.301 e. The van der Waals surface area contributed by atoms with Crippen LogP contribution in [0.4, 0.5) is 0 Å². The van der Waals surface area contributed by atoms with E-state index >= 15 is 0 Å². The van der Waals surface area contributed by atoms with Gasteiger partial charge in [-0.3, -0.25) is 10.0 Å². The molecule has 4 heteroatoms. The molecule has 4 nitrogen and oxygen atoms in total. The number of allylic oxidation sites excluding steroid dienone is 2. The molecule has 0 aromatic heterocycles. The van der Waals surface area contributed by atoms with Crippen LogP contribution in [0.15, 0.2) is 48.3 Å². The first-order valence-electron chi connectivity index (χ1n) is 3.81. The summed E-state index contributed by atoms with van der Waals surface area (Å²) in [6.45, 7) is 0. The average molecular weight is 160 g/mol. The molecule has 0 aromatic carbocycles. The van der Waals surface area contributed by atoms with Gasteiger partial charge in [-0.05, 0) is 12.2 Å². The fraction of sp³-hybridized carbons (Fsp3) is 0. The standard InChI is InChI=1S/C8H8N4/c1-3-9-11-6-8-2-4-10-12(8)5-7(1)11/h1-6,9-10H. The Morgan fingerprint density at radius 2 is 1.33 bits per heavy atom. The second-order valence-corrected chi connectivity index (χ2v) is 2.77. The lowest BCUT2D eigenvalue weighted by Crippen LogP contribution is -2.33. The Bertz CT molecular complexity index is 303. The Morgan fingerprint density at radius 3 is 1.83 bits per heavy atom. The number of hydrazine groups is 2. The first-order valence-corrected chi connectivity index (χ1v) is 3.81. The summed E-state index contributed by atoms with van der Waals surface area (Å²) in [5, 5.41) is 3.95. The van der Waals surface area contributed by atoms with Gasteiger partial charge in [-0.1, -0.05) is 0 Å². The van der Waals surface area contributed by atoms with Gasteiger partial charge >= 0.3 is 0 Å². The third kappa shape index (κ3) is 0.611. The summed E-state index contributed by atoms with van der Waals surface area (Å²) < 4.78 is 0. The van der Waals surface area contributed by atoms with Crippen LogP contribution in [0.2, 0.25) is 0 Å². The van der Waals surface area contributed by atoms with E-state index in [2.05, 4.69) is 10.9 Å². The van der Waals surface area contributed by atoms with Gasteiger partial charge in [0.25, 0.3) is 0 Å². The molecule has 0 aliphatic carbocycles. The molecule has 2 N–H and O–H groups in total. The van der Waals surface area contributed by atoms with E-state index < -0.39 is 0 Å². The third-order valence-corrected chi connectivity index (χ3v) is 2.01. The molecule has 0 fully saturated rings. The zero-order chi connectivity index (χ0) is 7.97. The highest BCUT2D eigenvalue weighted by Gasteiger charge is 2.20. The smallest absolute Gasteiger partial charge is 0.0821 e. The minimum absolute atomic E-state index is 1.13. The SMILES string of the molecule is C1=CC2=CN3NC=CC3=CN2N1. The summed E-state index contributed by atoms with van der Waals surface area (Å²) in [5.41, 5.74) is 8.45. The zero-order valence-electron chi connectivity index (χ0n) is 6.36.